The highest BCUT2D eigenvalue weighted by atomic mass is 35.5. The van der Waals surface area contributed by atoms with Crippen LogP contribution in [0.2, 0.25) is 5.02 Å². The first-order valence-corrected chi connectivity index (χ1v) is 11.4. The fraction of sp³-hybridized carbons (Fsp3) is 0.316. The second kappa shape index (κ2) is 7.71. The van der Waals surface area contributed by atoms with E-state index in [-0.39, 0.29) is 17.5 Å². The van der Waals surface area contributed by atoms with Crippen LogP contribution in [0.5, 0.6) is 0 Å². The number of thioether (sulfide) groups is 1. The Morgan fingerprint density at radius 2 is 2.24 bits per heavy atom. The van der Waals surface area contributed by atoms with E-state index in [0.717, 1.165) is 30.5 Å². The summed E-state index contributed by atoms with van der Waals surface area (Å²) in [5, 5.41) is 11.6. The number of hydrogen-bond donors (Lipinski definition) is 0. The third-order valence-corrected chi connectivity index (χ3v) is 7.19. The highest BCUT2D eigenvalue weighted by Crippen LogP contribution is 2.29. The van der Waals surface area contributed by atoms with Gasteiger partial charge in [0, 0.05) is 17.4 Å². The minimum absolute atomic E-state index is 0.0136. The average Bonchev–Trinajstić information content (AvgIpc) is 3.44. The van der Waals surface area contributed by atoms with Crippen LogP contribution in [0.1, 0.15) is 18.4 Å². The highest BCUT2D eigenvalue weighted by molar-refractivity contribution is 7.98. The van der Waals surface area contributed by atoms with E-state index in [4.69, 9.17) is 16.3 Å². The summed E-state index contributed by atoms with van der Waals surface area (Å²) in [7, 11) is 0. The molecule has 0 N–H and O–H groups in total. The standard InChI is InChI=1S/C19H16ClFN4O2S2/c20-14-8-12(21)4-3-11(14)10-29-19-23-22-18-24(9-13-2-1-6-27-13)17(26)16-15(25(18)19)5-7-28-16/h3-5,7-8,13H,1-2,6,9-10H2/t13-/m0/s1. The third-order valence-electron chi connectivity index (χ3n) is 4.96. The van der Waals surface area contributed by atoms with Crippen LogP contribution in [0.25, 0.3) is 16.0 Å². The molecule has 1 aromatic carbocycles. The van der Waals surface area contributed by atoms with Crippen molar-refractivity contribution in [3.8, 4) is 0 Å². The number of rotatable bonds is 5. The van der Waals surface area contributed by atoms with E-state index in [1.54, 1.807) is 10.6 Å². The summed E-state index contributed by atoms with van der Waals surface area (Å²) in [6.45, 7) is 1.19. The zero-order valence-electron chi connectivity index (χ0n) is 15.2. The van der Waals surface area contributed by atoms with Crippen molar-refractivity contribution in [1.29, 1.82) is 0 Å². The predicted octanol–water partition coefficient (Wildman–Crippen LogP) is 4.37. The Kier molecular flexibility index (Phi) is 5.07. The van der Waals surface area contributed by atoms with Crippen LogP contribution in [0.15, 0.2) is 39.6 Å². The number of nitrogens with zero attached hydrogens (tertiary/aromatic N) is 4. The summed E-state index contributed by atoms with van der Waals surface area (Å²) in [6.07, 6.45) is 1.95. The topological polar surface area (TPSA) is 61.4 Å². The largest absolute Gasteiger partial charge is 0.376 e. The number of benzene rings is 1. The molecule has 3 aromatic heterocycles. The van der Waals surface area contributed by atoms with Gasteiger partial charge in [0.05, 0.1) is 18.2 Å². The molecule has 1 aliphatic heterocycles. The molecule has 1 aliphatic rings. The second-order valence-corrected chi connectivity index (χ2v) is 9.09. The zero-order valence-corrected chi connectivity index (χ0v) is 17.6. The van der Waals surface area contributed by atoms with Gasteiger partial charge in [0.25, 0.3) is 5.56 Å². The lowest BCUT2D eigenvalue weighted by molar-refractivity contribution is 0.0969. The molecule has 0 saturated carbocycles. The first-order valence-electron chi connectivity index (χ1n) is 9.15. The maximum absolute atomic E-state index is 13.3. The second-order valence-electron chi connectivity index (χ2n) is 6.83. The van der Waals surface area contributed by atoms with E-state index >= 15 is 0 Å². The van der Waals surface area contributed by atoms with Gasteiger partial charge in [-0.1, -0.05) is 29.4 Å². The van der Waals surface area contributed by atoms with Gasteiger partial charge in [0.2, 0.25) is 5.78 Å². The van der Waals surface area contributed by atoms with E-state index in [9.17, 15) is 9.18 Å². The van der Waals surface area contributed by atoms with Crippen molar-refractivity contribution in [3.63, 3.8) is 0 Å². The van der Waals surface area contributed by atoms with Crippen molar-refractivity contribution in [2.24, 2.45) is 0 Å². The minimum atomic E-state index is -0.366. The first-order chi connectivity index (χ1) is 14.1. The Labute approximate surface area is 178 Å². The molecule has 1 fully saturated rings. The smallest absolute Gasteiger partial charge is 0.272 e. The van der Waals surface area contributed by atoms with Gasteiger partial charge < -0.3 is 4.74 Å². The molecule has 4 heterocycles. The molecule has 0 bridgehead atoms. The zero-order chi connectivity index (χ0) is 20.0. The number of ether oxygens (including phenoxy) is 1. The summed E-state index contributed by atoms with van der Waals surface area (Å²) in [5.74, 6) is 0.648. The molecule has 0 aliphatic carbocycles. The van der Waals surface area contributed by atoms with E-state index in [0.29, 0.717) is 33.0 Å². The van der Waals surface area contributed by atoms with Gasteiger partial charge in [0.15, 0.2) is 5.16 Å². The summed E-state index contributed by atoms with van der Waals surface area (Å²) in [6, 6.07) is 6.26. The van der Waals surface area contributed by atoms with E-state index in [1.165, 1.54) is 35.2 Å². The number of aromatic nitrogens is 4. The van der Waals surface area contributed by atoms with E-state index < -0.39 is 0 Å². The maximum atomic E-state index is 13.3. The van der Waals surface area contributed by atoms with Gasteiger partial charge in [-0.05, 0) is 42.0 Å². The van der Waals surface area contributed by atoms with Crippen LogP contribution in [0.4, 0.5) is 4.39 Å². The van der Waals surface area contributed by atoms with Crippen LogP contribution in [0, 0.1) is 5.82 Å². The molecule has 29 heavy (non-hydrogen) atoms. The van der Waals surface area contributed by atoms with Gasteiger partial charge in [0.1, 0.15) is 10.5 Å². The minimum Gasteiger partial charge on any atom is -0.376 e. The lowest BCUT2D eigenvalue weighted by Crippen LogP contribution is -2.28. The SMILES string of the molecule is O=c1c2sccc2n2c(SCc3ccc(F)cc3Cl)nnc2n1C[C@@H]1CCCO1. The van der Waals surface area contributed by atoms with Gasteiger partial charge in [-0.2, -0.15) is 0 Å². The van der Waals surface area contributed by atoms with Crippen LogP contribution in [-0.2, 0) is 17.0 Å². The first kappa shape index (κ1) is 19.0. The molecule has 0 amide bonds. The van der Waals surface area contributed by atoms with Gasteiger partial charge in [-0.3, -0.25) is 13.8 Å². The molecule has 150 valence electrons. The van der Waals surface area contributed by atoms with Crippen molar-refractivity contribution >= 4 is 50.7 Å². The Morgan fingerprint density at radius 3 is 3.03 bits per heavy atom. The van der Waals surface area contributed by atoms with Crippen LogP contribution in [0.3, 0.4) is 0 Å². The van der Waals surface area contributed by atoms with Crippen molar-refractivity contribution < 1.29 is 9.13 Å². The molecule has 1 saturated heterocycles. The van der Waals surface area contributed by atoms with Crippen molar-refractivity contribution in [2.45, 2.75) is 36.4 Å². The highest BCUT2D eigenvalue weighted by Gasteiger charge is 2.22. The number of thiophene rings is 1. The Hall–Kier alpha value is -1.94. The quantitative estimate of drug-likeness (QED) is 0.422. The van der Waals surface area contributed by atoms with Crippen molar-refractivity contribution in [3.05, 3.63) is 56.4 Å². The molecule has 0 spiro atoms. The van der Waals surface area contributed by atoms with Crippen LogP contribution >= 0.6 is 34.7 Å². The van der Waals surface area contributed by atoms with Crippen molar-refractivity contribution in [1.82, 2.24) is 19.2 Å². The molecule has 0 unspecified atom stereocenters. The predicted molar refractivity (Wildman–Crippen MR) is 113 cm³/mol. The van der Waals surface area contributed by atoms with Gasteiger partial charge >= 0.3 is 0 Å². The lowest BCUT2D eigenvalue weighted by atomic mass is 10.2. The lowest BCUT2D eigenvalue weighted by Gasteiger charge is -2.13. The van der Waals surface area contributed by atoms with Gasteiger partial charge in [-0.15, -0.1) is 21.5 Å². The molecular formula is C19H16ClFN4O2S2. The Bertz CT molecular complexity index is 1260. The van der Waals surface area contributed by atoms with E-state index in [1.807, 2.05) is 15.8 Å². The van der Waals surface area contributed by atoms with Crippen LogP contribution in [-0.4, -0.2) is 31.9 Å². The molecule has 5 rings (SSSR count). The molecule has 0 radical (unpaired) electrons. The fourth-order valence-electron chi connectivity index (χ4n) is 3.53. The number of fused-ring (bicyclic) bond motifs is 3. The van der Waals surface area contributed by atoms with E-state index in [2.05, 4.69) is 10.2 Å². The summed E-state index contributed by atoms with van der Waals surface area (Å²) >= 11 is 9.01. The monoisotopic (exact) mass is 450 g/mol. The van der Waals surface area contributed by atoms with Crippen LogP contribution < -0.4 is 5.56 Å². The number of hydrogen-bond acceptors (Lipinski definition) is 6. The summed E-state index contributed by atoms with van der Waals surface area (Å²) in [5.41, 5.74) is 1.53. The van der Waals surface area contributed by atoms with Gasteiger partial charge in [-0.25, -0.2) is 4.39 Å². The Morgan fingerprint density at radius 1 is 1.34 bits per heavy atom. The molecule has 6 nitrogen and oxygen atoms in total. The summed E-state index contributed by atoms with van der Waals surface area (Å²) < 4.78 is 23.3. The number of halogens is 2. The third kappa shape index (κ3) is 3.46. The molecule has 1 atom stereocenters. The Balaban J connectivity index is 1.56. The summed E-state index contributed by atoms with van der Waals surface area (Å²) in [4.78, 5) is 13.0. The normalized spacial score (nSPS) is 17.0. The molecule has 4 aromatic rings. The fourth-order valence-corrected chi connectivity index (χ4v) is 5.61. The molecular weight excluding hydrogens is 435 g/mol. The van der Waals surface area contributed by atoms with Crippen molar-refractivity contribution in [2.75, 3.05) is 6.61 Å². The average molecular weight is 451 g/mol. The molecule has 10 heteroatoms. The maximum Gasteiger partial charge on any atom is 0.272 e.